The highest BCUT2D eigenvalue weighted by Gasteiger charge is 2.29. The van der Waals surface area contributed by atoms with E-state index in [1.165, 1.54) is 17.6 Å². The van der Waals surface area contributed by atoms with Gasteiger partial charge in [0.2, 0.25) is 0 Å². The van der Waals surface area contributed by atoms with E-state index in [1.807, 2.05) is 0 Å². The fourth-order valence-corrected chi connectivity index (χ4v) is 2.26. The van der Waals surface area contributed by atoms with Crippen molar-refractivity contribution in [2.75, 3.05) is 6.54 Å². The summed E-state index contributed by atoms with van der Waals surface area (Å²) in [5.74, 6) is -0.369. The number of nitrogens with one attached hydrogen (secondary N) is 1. The number of carbonyl (C=O) groups excluding carboxylic acids is 1. The van der Waals surface area contributed by atoms with Crippen molar-refractivity contribution < 1.29 is 22.4 Å². The van der Waals surface area contributed by atoms with Gasteiger partial charge in [-0.3, -0.25) is 4.79 Å². The number of halogens is 3. The van der Waals surface area contributed by atoms with E-state index in [9.17, 15) is 18.0 Å². The molecule has 0 saturated heterocycles. The average Bonchev–Trinajstić information content (AvgIpc) is 2.93. The molecule has 2 aromatic rings. The quantitative estimate of drug-likeness (QED) is 0.945. The van der Waals surface area contributed by atoms with Gasteiger partial charge < -0.3 is 9.73 Å². The Morgan fingerprint density at radius 1 is 1.53 bits per heavy atom. The Bertz CT molecular complexity index is 575. The third-order valence-corrected chi connectivity index (χ3v) is 3.18. The van der Waals surface area contributed by atoms with Crippen molar-refractivity contribution >= 4 is 17.2 Å². The second-order valence-corrected chi connectivity index (χ2v) is 4.90. The van der Waals surface area contributed by atoms with Gasteiger partial charge in [0.25, 0.3) is 5.91 Å². The molecule has 0 unspecified atom stereocenters. The maximum absolute atomic E-state index is 12.0. The molecule has 102 valence electrons. The van der Waals surface area contributed by atoms with Crippen molar-refractivity contribution in [2.45, 2.75) is 13.1 Å². The second-order valence-electron chi connectivity index (χ2n) is 3.70. The third-order valence-electron chi connectivity index (χ3n) is 2.19. The topological polar surface area (TPSA) is 55.1 Å². The lowest BCUT2D eigenvalue weighted by Gasteiger charge is -2.06. The van der Waals surface area contributed by atoms with Crippen LogP contribution in [-0.4, -0.2) is 23.6 Å². The predicted molar refractivity (Wildman–Crippen MR) is 62.9 cm³/mol. The normalized spacial score (nSPS) is 11.6. The highest BCUT2D eigenvalue weighted by Crippen LogP contribution is 2.27. The second kappa shape index (κ2) is 5.04. The molecular formula is C11H9F3N2O2S. The lowest BCUT2D eigenvalue weighted by molar-refractivity contribution is -0.123. The molecule has 1 amide bonds. The zero-order valence-corrected chi connectivity index (χ0v) is 10.6. The maximum Gasteiger partial charge on any atom is 0.405 e. The number of aryl methyl sites for hydroxylation is 1. The van der Waals surface area contributed by atoms with Crippen LogP contribution in [0.3, 0.4) is 0 Å². The summed E-state index contributed by atoms with van der Waals surface area (Å²) in [4.78, 5) is 16.1. The molecule has 2 rings (SSSR count). The largest absolute Gasteiger partial charge is 0.462 e. The van der Waals surface area contributed by atoms with Gasteiger partial charge >= 0.3 is 6.18 Å². The summed E-state index contributed by atoms with van der Waals surface area (Å²) < 4.78 is 41.2. The van der Waals surface area contributed by atoms with Crippen LogP contribution in [0.5, 0.6) is 0 Å². The van der Waals surface area contributed by atoms with Gasteiger partial charge in [0.05, 0.1) is 6.26 Å². The van der Waals surface area contributed by atoms with Crippen molar-refractivity contribution in [2.24, 2.45) is 0 Å². The summed E-state index contributed by atoms with van der Waals surface area (Å²) in [5, 5.41) is 2.25. The molecule has 0 saturated carbocycles. The summed E-state index contributed by atoms with van der Waals surface area (Å²) in [7, 11) is 0. The van der Waals surface area contributed by atoms with Crippen LogP contribution in [-0.2, 0) is 0 Å². The van der Waals surface area contributed by atoms with Gasteiger partial charge in [-0.15, -0.1) is 11.3 Å². The molecule has 4 nitrogen and oxygen atoms in total. The van der Waals surface area contributed by atoms with Crippen molar-refractivity contribution in [1.29, 1.82) is 0 Å². The molecule has 19 heavy (non-hydrogen) atoms. The van der Waals surface area contributed by atoms with E-state index in [-0.39, 0.29) is 5.69 Å². The first-order valence-corrected chi connectivity index (χ1v) is 6.05. The Kier molecular flexibility index (Phi) is 3.61. The molecule has 0 aliphatic heterocycles. The number of aromatic nitrogens is 1. The molecule has 0 aromatic carbocycles. The van der Waals surface area contributed by atoms with Gasteiger partial charge in [0, 0.05) is 4.88 Å². The Morgan fingerprint density at radius 2 is 2.26 bits per heavy atom. The van der Waals surface area contributed by atoms with Crippen LogP contribution in [0.25, 0.3) is 10.8 Å². The number of nitrogens with zero attached hydrogens (tertiary/aromatic N) is 1. The van der Waals surface area contributed by atoms with E-state index in [1.54, 1.807) is 24.4 Å². The monoisotopic (exact) mass is 290 g/mol. The SMILES string of the molecule is Cc1sc(-c2ccco2)nc1C(=O)NCC(F)(F)F. The molecule has 2 aromatic heterocycles. The van der Waals surface area contributed by atoms with Crippen molar-refractivity contribution in [3.8, 4) is 10.8 Å². The number of furan rings is 1. The molecule has 0 spiro atoms. The van der Waals surface area contributed by atoms with Crippen LogP contribution in [0.4, 0.5) is 13.2 Å². The van der Waals surface area contributed by atoms with Crippen molar-refractivity contribution in [3.05, 3.63) is 29.0 Å². The number of alkyl halides is 3. The van der Waals surface area contributed by atoms with Crippen LogP contribution in [0, 0.1) is 6.92 Å². The van der Waals surface area contributed by atoms with Gasteiger partial charge in [-0.05, 0) is 19.1 Å². The van der Waals surface area contributed by atoms with E-state index in [0.29, 0.717) is 15.6 Å². The summed E-state index contributed by atoms with van der Waals surface area (Å²) in [5.41, 5.74) is -0.0133. The maximum atomic E-state index is 12.0. The third kappa shape index (κ3) is 3.34. The van der Waals surface area contributed by atoms with Crippen LogP contribution in [0.2, 0.25) is 0 Å². The van der Waals surface area contributed by atoms with Crippen LogP contribution in [0.1, 0.15) is 15.4 Å². The fraction of sp³-hybridized carbons (Fsp3) is 0.273. The molecule has 0 atom stereocenters. The Hall–Kier alpha value is -1.83. The molecule has 1 N–H and O–H groups in total. The number of amides is 1. The summed E-state index contributed by atoms with van der Waals surface area (Å²) in [6.07, 6.45) is -2.99. The summed E-state index contributed by atoms with van der Waals surface area (Å²) >= 11 is 1.19. The van der Waals surface area contributed by atoms with Crippen molar-refractivity contribution in [1.82, 2.24) is 10.3 Å². The smallest absolute Gasteiger partial charge is 0.405 e. The molecule has 0 fully saturated rings. The van der Waals surface area contributed by atoms with Gasteiger partial charge in [-0.25, -0.2) is 4.98 Å². The number of rotatable bonds is 3. The van der Waals surface area contributed by atoms with Crippen LogP contribution in [0.15, 0.2) is 22.8 Å². The molecule has 0 bridgehead atoms. The van der Waals surface area contributed by atoms with Gasteiger partial charge in [0.1, 0.15) is 12.2 Å². The first-order valence-electron chi connectivity index (χ1n) is 5.23. The lowest BCUT2D eigenvalue weighted by Crippen LogP contribution is -2.34. The Labute approximate surface area is 110 Å². The number of carbonyl (C=O) groups is 1. The van der Waals surface area contributed by atoms with Gasteiger partial charge in [0.15, 0.2) is 10.8 Å². The van der Waals surface area contributed by atoms with E-state index in [0.717, 1.165) is 0 Å². The number of hydrogen-bond acceptors (Lipinski definition) is 4. The Balaban J connectivity index is 2.15. The first-order chi connectivity index (χ1) is 8.87. The molecule has 0 aliphatic carbocycles. The van der Waals surface area contributed by atoms with E-state index < -0.39 is 18.6 Å². The summed E-state index contributed by atoms with van der Waals surface area (Å²) in [6.45, 7) is 0.242. The predicted octanol–water partition coefficient (Wildman–Crippen LogP) is 3.00. The number of hydrogen-bond donors (Lipinski definition) is 1. The molecule has 0 radical (unpaired) electrons. The highest BCUT2D eigenvalue weighted by molar-refractivity contribution is 7.15. The van der Waals surface area contributed by atoms with Crippen molar-refractivity contribution in [3.63, 3.8) is 0 Å². The summed E-state index contributed by atoms with van der Waals surface area (Å²) in [6, 6.07) is 3.32. The molecular weight excluding hydrogens is 281 g/mol. The zero-order chi connectivity index (χ0) is 14.0. The highest BCUT2D eigenvalue weighted by atomic mass is 32.1. The number of thiazole rings is 1. The van der Waals surface area contributed by atoms with Gasteiger partial charge in [-0.1, -0.05) is 0 Å². The first kappa shape index (κ1) is 13.6. The standard InChI is InChI=1S/C11H9F3N2O2S/c1-6-8(9(17)15-5-11(12,13)14)16-10(19-6)7-3-2-4-18-7/h2-4H,5H2,1H3,(H,15,17). The lowest BCUT2D eigenvalue weighted by atomic mass is 10.3. The van der Waals surface area contributed by atoms with Crippen LogP contribution < -0.4 is 5.32 Å². The minimum atomic E-state index is -4.44. The zero-order valence-electron chi connectivity index (χ0n) is 9.75. The average molecular weight is 290 g/mol. The van der Waals surface area contributed by atoms with Crippen LogP contribution >= 0.6 is 11.3 Å². The fourth-order valence-electron chi connectivity index (χ4n) is 1.38. The van der Waals surface area contributed by atoms with E-state index in [2.05, 4.69) is 4.98 Å². The minimum absolute atomic E-state index is 0.0133. The van der Waals surface area contributed by atoms with E-state index >= 15 is 0 Å². The molecule has 8 heteroatoms. The molecule has 0 aliphatic rings. The van der Waals surface area contributed by atoms with E-state index in [4.69, 9.17) is 4.42 Å². The minimum Gasteiger partial charge on any atom is -0.462 e. The Morgan fingerprint density at radius 3 is 2.84 bits per heavy atom. The van der Waals surface area contributed by atoms with Gasteiger partial charge in [-0.2, -0.15) is 13.2 Å². The molecule has 2 heterocycles.